The number of ether oxygens (including phenoxy) is 1. The van der Waals surface area contributed by atoms with Gasteiger partial charge in [-0.05, 0) is 48.5 Å². The molecular formula is C22H26N4O4. The largest absolute Gasteiger partial charge is 0.378 e. The van der Waals surface area contributed by atoms with Crippen molar-refractivity contribution in [2.24, 2.45) is 0 Å². The molecule has 0 saturated carbocycles. The second kappa shape index (κ2) is 9.89. The maximum atomic E-state index is 12.4. The minimum absolute atomic E-state index is 0.0333. The molecule has 0 radical (unpaired) electrons. The molecule has 0 unspecified atom stereocenters. The molecule has 0 spiro atoms. The van der Waals surface area contributed by atoms with Crippen molar-refractivity contribution in [3.8, 4) is 0 Å². The van der Waals surface area contributed by atoms with Crippen LogP contribution in [0.1, 0.15) is 20.7 Å². The van der Waals surface area contributed by atoms with Crippen molar-refractivity contribution in [3.63, 3.8) is 0 Å². The minimum atomic E-state index is -0.212. The van der Waals surface area contributed by atoms with Crippen LogP contribution in [0.25, 0.3) is 0 Å². The Labute approximate surface area is 175 Å². The fourth-order valence-electron chi connectivity index (χ4n) is 3.02. The summed E-state index contributed by atoms with van der Waals surface area (Å²) >= 11 is 0. The molecule has 3 amide bonds. The van der Waals surface area contributed by atoms with Crippen molar-refractivity contribution in [1.82, 2.24) is 9.80 Å². The number of hydrogen-bond donors (Lipinski definition) is 2. The first-order valence-electron chi connectivity index (χ1n) is 9.76. The number of nitrogens with zero attached hydrogens (tertiary/aromatic N) is 2. The molecule has 1 aliphatic heterocycles. The Morgan fingerprint density at radius 2 is 1.47 bits per heavy atom. The number of nitrogens with one attached hydrogen (secondary N) is 2. The van der Waals surface area contributed by atoms with Gasteiger partial charge in [0.2, 0.25) is 5.91 Å². The molecule has 158 valence electrons. The Balaban J connectivity index is 1.49. The second-order valence-corrected chi connectivity index (χ2v) is 7.16. The van der Waals surface area contributed by atoms with Crippen molar-refractivity contribution in [2.75, 3.05) is 57.6 Å². The molecule has 30 heavy (non-hydrogen) atoms. The summed E-state index contributed by atoms with van der Waals surface area (Å²) in [6.07, 6.45) is 0. The van der Waals surface area contributed by atoms with Crippen LogP contribution in [-0.2, 0) is 9.53 Å². The van der Waals surface area contributed by atoms with Gasteiger partial charge in [-0.1, -0.05) is 0 Å². The lowest BCUT2D eigenvalue weighted by atomic mass is 10.1. The fraction of sp³-hybridized carbons (Fsp3) is 0.318. The number of benzene rings is 2. The lowest BCUT2D eigenvalue weighted by Gasteiger charge is -2.26. The number of carbonyl (C=O) groups excluding carboxylic acids is 3. The first-order valence-corrected chi connectivity index (χ1v) is 9.76. The molecule has 8 heteroatoms. The Hall–Kier alpha value is -3.39. The molecule has 0 aromatic heterocycles. The van der Waals surface area contributed by atoms with Crippen LogP contribution < -0.4 is 10.6 Å². The summed E-state index contributed by atoms with van der Waals surface area (Å²) in [6.45, 7) is 2.37. The Morgan fingerprint density at radius 3 is 2.07 bits per heavy atom. The normalized spacial score (nSPS) is 13.5. The highest BCUT2D eigenvalue weighted by Crippen LogP contribution is 2.14. The number of morpholine rings is 1. The number of amides is 3. The van der Waals surface area contributed by atoms with Gasteiger partial charge >= 0.3 is 0 Å². The predicted molar refractivity (Wildman–Crippen MR) is 115 cm³/mol. The van der Waals surface area contributed by atoms with E-state index in [2.05, 4.69) is 10.6 Å². The van der Waals surface area contributed by atoms with E-state index < -0.39 is 0 Å². The number of rotatable bonds is 6. The summed E-state index contributed by atoms with van der Waals surface area (Å²) in [5.74, 6) is -0.320. The molecule has 1 aliphatic rings. The molecule has 0 atom stereocenters. The molecule has 1 heterocycles. The number of anilines is 2. The third kappa shape index (κ3) is 5.57. The number of hydrogen-bond acceptors (Lipinski definition) is 5. The van der Waals surface area contributed by atoms with Crippen LogP contribution >= 0.6 is 0 Å². The highest BCUT2D eigenvalue weighted by Gasteiger charge is 2.18. The van der Waals surface area contributed by atoms with Crippen molar-refractivity contribution in [2.45, 2.75) is 0 Å². The molecule has 8 nitrogen and oxygen atoms in total. The highest BCUT2D eigenvalue weighted by atomic mass is 16.5. The van der Waals surface area contributed by atoms with Crippen LogP contribution in [0.4, 0.5) is 11.4 Å². The van der Waals surface area contributed by atoms with E-state index >= 15 is 0 Å². The maximum absolute atomic E-state index is 12.4. The fourth-order valence-corrected chi connectivity index (χ4v) is 3.02. The molecule has 2 N–H and O–H groups in total. The van der Waals surface area contributed by atoms with Crippen molar-refractivity contribution < 1.29 is 19.1 Å². The van der Waals surface area contributed by atoms with Crippen molar-refractivity contribution in [1.29, 1.82) is 0 Å². The molecule has 0 aliphatic carbocycles. The lowest BCUT2D eigenvalue weighted by Crippen LogP contribution is -2.40. The molecule has 2 aromatic carbocycles. The first-order chi connectivity index (χ1) is 14.4. The van der Waals surface area contributed by atoms with E-state index in [1.54, 1.807) is 67.5 Å². The summed E-state index contributed by atoms with van der Waals surface area (Å²) < 4.78 is 5.26. The van der Waals surface area contributed by atoms with E-state index in [0.29, 0.717) is 43.1 Å². The Morgan fingerprint density at radius 1 is 0.900 bits per heavy atom. The van der Waals surface area contributed by atoms with Gasteiger partial charge in [-0.3, -0.25) is 14.4 Å². The van der Waals surface area contributed by atoms with Crippen LogP contribution in [-0.4, -0.2) is 74.5 Å². The van der Waals surface area contributed by atoms with Crippen LogP contribution in [0, 0.1) is 0 Å². The van der Waals surface area contributed by atoms with E-state index in [1.807, 2.05) is 0 Å². The van der Waals surface area contributed by atoms with E-state index in [4.69, 9.17) is 4.74 Å². The number of carbonyl (C=O) groups is 3. The average Bonchev–Trinajstić information content (AvgIpc) is 2.78. The van der Waals surface area contributed by atoms with E-state index in [0.717, 1.165) is 5.69 Å². The van der Waals surface area contributed by atoms with Gasteiger partial charge in [0.1, 0.15) is 0 Å². The molecule has 1 fully saturated rings. The third-order valence-electron chi connectivity index (χ3n) is 4.71. The van der Waals surface area contributed by atoms with Gasteiger partial charge in [-0.25, -0.2) is 0 Å². The zero-order valence-electron chi connectivity index (χ0n) is 17.2. The smallest absolute Gasteiger partial charge is 0.254 e. The summed E-state index contributed by atoms with van der Waals surface area (Å²) in [5.41, 5.74) is 2.53. The minimum Gasteiger partial charge on any atom is -0.378 e. The first kappa shape index (κ1) is 21.3. The molecule has 1 saturated heterocycles. The highest BCUT2D eigenvalue weighted by molar-refractivity contribution is 5.97. The molecule has 3 rings (SSSR count). The lowest BCUT2D eigenvalue weighted by molar-refractivity contribution is -0.114. The monoisotopic (exact) mass is 410 g/mol. The molecule has 0 bridgehead atoms. The average molecular weight is 410 g/mol. The second-order valence-electron chi connectivity index (χ2n) is 7.16. The zero-order valence-corrected chi connectivity index (χ0v) is 17.2. The standard InChI is InChI=1S/C22H26N4O4/c1-25(2)21(28)16-3-7-18(8-4-16)23-15-20(27)24-19-9-5-17(6-10-19)22(29)26-11-13-30-14-12-26/h3-10,23H,11-15H2,1-2H3,(H,24,27). The van der Waals surface area contributed by atoms with Gasteiger partial charge < -0.3 is 25.2 Å². The van der Waals surface area contributed by atoms with Crippen molar-refractivity contribution >= 4 is 29.1 Å². The van der Waals surface area contributed by atoms with Crippen LogP contribution in [0.3, 0.4) is 0 Å². The van der Waals surface area contributed by atoms with E-state index in [1.165, 1.54) is 4.90 Å². The van der Waals surface area contributed by atoms with Gasteiger partial charge in [0, 0.05) is 49.7 Å². The Kier molecular flexibility index (Phi) is 7.03. The maximum Gasteiger partial charge on any atom is 0.254 e. The van der Waals surface area contributed by atoms with Gasteiger partial charge in [0.15, 0.2) is 0 Å². The van der Waals surface area contributed by atoms with E-state index in [-0.39, 0.29) is 24.3 Å². The van der Waals surface area contributed by atoms with Crippen molar-refractivity contribution in [3.05, 3.63) is 59.7 Å². The summed E-state index contributed by atoms with van der Waals surface area (Å²) in [6, 6.07) is 13.8. The summed E-state index contributed by atoms with van der Waals surface area (Å²) in [7, 11) is 3.40. The van der Waals surface area contributed by atoms with E-state index in [9.17, 15) is 14.4 Å². The quantitative estimate of drug-likeness (QED) is 0.759. The Bertz CT molecular complexity index is 888. The van der Waals surface area contributed by atoms with Gasteiger partial charge in [-0.15, -0.1) is 0 Å². The predicted octanol–water partition coefficient (Wildman–Crippen LogP) is 1.91. The summed E-state index contributed by atoms with van der Waals surface area (Å²) in [5, 5.41) is 5.82. The van der Waals surface area contributed by atoms with Crippen LogP contribution in [0.5, 0.6) is 0 Å². The zero-order chi connectivity index (χ0) is 21.5. The molecular weight excluding hydrogens is 384 g/mol. The SMILES string of the molecule is CN(C)C(=O)c1ccc(NCC(=O)Nc2ccc(C(=O)N3CCOCC3)cc2)cc1. The topological polar surface area (TPSA) is 91.0 Å². The van der Waals surface area contributed by atoms with Gasteiger partial charge in [0.05, 0.1) is 19.8 Å². The molecule has 2 aromatic rings. The third-order valence-corrected chi connectivity index (χ3v) is 4.71. The van der Waals surface area contributed by atoms with Gasteiger partial charge in [-0.2, -0.15) is 0 Å². The summed E-state index contributed by atoms with van der Waals surface area (Å²) in [4.78, 5) is 39.8. The van der Waals surface area contributed by atoms with Crippen LogP contribution in [0.2, 0.25) is 0 Å². The van der Waals surface area contributed by atoms with Crippen LogP contribution in [0.15, 0.2) is 48.5 Å². The van der Waals surface area contributed by atoms with Gasteiger partial charge in [0.25, 0.3) is 11.8 Å².